The summed E-state index contributed by atoms with van der Waals surface area (Å²) in [5, 5.41) is 0. The fourth-order valence-corrected chi connectivity index (χ4v) is 3.24. The summed E-state index contributed by atoms with van der Waals surface area (Å²) < 4.78 is 0.998. The first-order valence-electron chi connectivity index (χ1n) is 7.88. The molecule has 5 nitrogen and oxygen atoms in total. The minimum absolute atomic E-state index is 0.0381. The van der Waals surface area contributed by atoms with E-state index in [4.69, 9.17) is 0 Å². The van der Waals surface area contributed by atoms with Crippen molar-refractivity contribution in [3.05, 3.63) is 58.3 Å². The Bertz CT molecular complexity index is 740. The molecule has 0 unspecified atom stereocenters. The Morgan fingerprint density at radius 1 is 1.17 bits per heavy atom. The average molecular weight is 387 g/mol. The van der Waals surface area contributed by atoms with Crippen LogP contribution >= 0.6 is 15.9 Å². The minimum atomic E-state index is 0.0381. The molecule has 0 spiro atoms. The lowest BCUT2D eigenvalue weighted by Crippen LogP contribution is -2.48. The van der Waals surface area contributed by atoms with E-state index in [0.717, 1.165) is 29.1 Å². The van der Waals surface area contributed by atoms with E-state index in [0.29, 0.717) is 13.1 Å². The maximum Gasteiger partial charge on any atom is 0.246 e. The highest BCUT2D eigenvalue weighted by Crippen LogP contribution is 2.20. The first-order chi connectivity index (χ1) is 11.6. The largest absolute Gasteiger partial charge is 0.337 e. The maximum absolute atomic E-state index is 12.4. The summed E-state index contributed by atoms with van der Waals surface area (Å²) in [5.41, 5.74) is 2.19. The van der Waals surface area contributed by atoms with E-state index in [9.17, 15) is 4.79 Å². The van der Waals surface area contributed by atoms with Crippen LogP contribution in [0.3, 0.4) is 0 Å². The van der Waals surface area contributed by atoms with Gasteiger partial charge in [-0.05, 0) is 36.3 Å². The number of nitrogens with zero attached hydrogens (tertiary/aromatic N) is 4. The van der Waals surface area contributed by atoms with E-state index in [1.165, 1.54) is 5.56 Å². The molecule has 1 saturated heterocycles. The van der Waals surface area contributed by atoms with Crippen LogP contribution in [-0.2, 0) is 4.79 Å². The topological polar surface area (TPSA) is 49.3 Å². The predicted molar refractivity (Wildman–Crippen MR) is 98.7 cm³/mol. The van der Waals surface area contributed by atoms with Crippen molar-refractivity contribution in [1.82, 2.24) is 14.9 Å². The number of hydrogen-bond donors (Lipinski definition) is 0. The second kappa shape index (κ2) is 7.57. The molecule has 0 bridgehead atoms. The van der Waals surface area contributed by atoms with Gasteiger partial charge in [0.15, 0.2) is 0 Å². The predicted octanol–water partition coefficient (Wildman–Crippen LogP) is 2.91. The average Bonchev–Trinajstić information content (AvgIpc) is 2.62. The molecule has 1 aromatic heterocycles. The van der Waals surface area contributed by atoms with Gasteiger partial charge in [-0.25, -0.2) is 9.97 Å². The SMILES string of the molecule is Cc1ccc(/C=C/C(=O)N2CCN(c3ncccn3)CC2)c(Br)c1. The molecular formula is C18H19BrN4O. The first-order valence-corrected chi connectivity index (χ1v) is 8.68. The van der Waals surface area contributed by atoms with Gasteiger partial charge < -0.3 is 9.80 Å². The molecule has 1 aromatic carbocycles. The van der Waals surface area contributed by atoms with Crippen molar-refractivity contribution in [3.63, 3.8) is 0 Å². The van der Waals surface area contributed by atoms with E-state index in [-0.39, 0.29) is 5.91 Å². The fourth-order valence-electron chi connectivity index (χ4n) is 2.62. The van der Waals surface area contributed by atoms with Crippen LogP contribution < -0.4 is 4.90 Å². The molecule has 2 aromatic rings. The number of amides is 1. The molecule has 6 heteroatoms. The van der Waals surface area contributed by atoms with Gasteiger partial charge in [-0.2, -0.15) is 0 Å². The van der Waals surface area contributed by atoms with Crippen LogP contribution in [-0.4, -0.2) is 47.0 Å². The maximum atomic E-state index is 12.4. The van der Waals surface area contributed by atoms with Gasteiger partial charge in [0, 0.05) is 49.1 Å². The second-order valence-corrected chi connectivity index (χ2v) is 6.57. The van der Waals surface area contributed by atoms with Crippen LogP contribution in [0.25, 0.3) is 6.08 Å². The van der Waals surface area contributed by atoms with E-state index in [1.807, 2.05) is 36.1 Å². The van der Waals surface area contributed by atoms with Crippen molar-refractivity contribution in [2.24, 2.45) is 0 Å². The molecule has 1 amide bonds. The lowest BCUT2D eigenvalue weighted by Gasteiger charge is -2.34. The van der Waals surface area contributed by atoms with Crippen LogP contribution in [0.2, 0.25) is 0 Å². The molecule has 3 rings (SSSR count). The molecule has 1 aliphatic rings. The second-order valence-electron chi connectivity index (χ2n) is 5.72. The number of aryl methyl sites for hydroxylation is 1. The molecular weight excluding hydrogens is 368 g/mol. The summed E-state index contributed by atoms with van der Waals surface area (Å²) in [6, 6.07) is 7.89. The van der Waals surface area contributed by atoms with Crippen molar-refractivity contribution in [2.75, 3.05) is 31.1 Å². The van der Waals surface area contributed by atoms with Crippen molar-refractivity contribution in [3.8, 4) is 0 Å². The number of anilines is 1. The summed E-state index contributed by atoms with van der Waals surface area (Å²) in [5.74, 6) is 0.764. The molecule has 1 fully saturated rings. The van der Waals surface area contributed by atoms with Crippen molar-refractivity contribution in [2.45, 2.75) is 6.92 Å². The van der Waals surface area contributed by atoms with Crippen molar-refractivity contribution < 1.29 is 4.79 Å². The zero-order valence-electron chi connectivity index (χ0n) is 13.5. The molecule has 0 N–H and O–H groups in total. The summed E-state index contributed by atoms with van der Waals surface area (Å²) in [6.45, 7) is 4.89. The Morgan fingerprint density at radius 2 is 1.88 bits per heavy atom. The number of halogens is 1. The monoisotopic (exact) mass is 386 g/mol. The van der Waals surface area contributed by atoms with E-state index in [2.05, 4.69) is 30.8 Å². The zero-order valence-corrected chi connectivity index (χ0v) is 15.1. The van der Waals surface area contributed by atoms with Gasteiger partial charge in [0.05, 0.1) is 0 Å². The molecule has 1 aliphatic heterocycles. The number of rotatable bonds is 3. The minimum Gasteiger partial charge on any atom is -0.337 e. The number of carbonyl (C=O) groups excluding carboxylic acids is 1. The van der Waals surface area contributed by atoms with Crippen LogP contribution in [0.4, 0.5) is 5.95 Å². The Morgan fingerprint density at radius 3 is 2.54 bits per heavy atom. The van der Waals surface area contributed by atoms with Crippen LogP contribution in [0, 0.1) is 6.92 Å². The zero-order chi connectivity index (χ0) is 16.9. The Hall–Kier alpha value is -2.21. The highest BCUT2D eigenvalue weighted by molar-refractivity contribution is 9.10. The van der Waals surface area contributed by atoms with Gasteiger partial charge in [0.2, 0.25) is 11.9 Å². The molecule has 124 valence electrons. The lowest BCUT2D eigenvalue weighted by molar-refractivity contribution is -0.126. The van der Waals surface area contributed by atoms with Gasteiger partial charge in [0.1, 0.15) is 0 Å². The van der Waals surface area contributed by atoms with Gasteiger partial charge >= 0.3 is 0 Å². The summed E-state index contributed by atoms with van der Waals surface area (Å²) in [6.07, 6.45) is 6.98. The molecule has 2 heterocycles. The third-order valence-corrected chi connectivity index (χ3v) is 4.67. The molecule has 0 atom stereocenters. The highest BCUT2D eigenvalue weighted by Gasteiger charge is 2.20. The Labute approximate surface area is 150 Å². The number of aromatic nitrogens is 2. The van der Waals surface area contributed by atoms with Gasteiger partial charge in [-0.1, -0.05) is 28.1 Å². The standard InChI is InChI=1S/C18H19BrN4O/c1-14-3-4-15(16(19)13-14)5-6-17(24)22-9-11-23(12-10-22)18-20-7-2-8-21-18/h2-8,13H,9-12H2,1H3/b6-5+. The Kier molecular flexibility index (Phi) is 5.25. The van der Waals surface area contributed by atoms with E-state index >= 15 is 0 Å². The Balaban J connectivity index is 1.58. The van der Waals surface area contributed by atoms with Crippen molar-refractivity contribution in [1.29, 1.82) is 0 Å². The molecule has 0 radical (unpaired) electrons. The summed E-state index contributed by atoms with van der Waals surface area (Å²) in [4.78, 5) is 24.8. The van der Waals surface area contributed by atoms with Gasteiger partial charge in [0.25, 0.3) is 0 Å². The summed E-state index contributed by atoms with van der Waals surface area (Å²) >= 11 is 3.53. The lowest BCUT2D eigenvalue weighted by atomic mass is 10.1. The number of piperazine rings is 1. The summed E-state index contributed by atoms with van der Waals surface area (Å²) in [7, 11) is 0. The van der Waals surface area contributed by atoms with Crippen molar-refractivity contribution >= 4 is 33.9 Å². The molecule has 24 heavy (non-hydrogen) atoms. The van der Waals surface area contributed by atoms with Crippen LogP contribution in [0.15, 0.2) is 47.2 Å². The smallest absolute Gasteiger partial charge is 0.246 e. The van der Waals surface area contributed by atoms with E-state index < -0.39 is 0 Å². The van der Waals surface area contributed by atoms with Gasteiger partial charge in [-0.3, -0.25) is 4.79 Å². The third kappa shape index (κ3) is 4.00. The van der Waals surface area contributed by atoms with Crippen LogP contribution in [0.5, 0.6) is 0 Å². The number of carbonyl (C=O) groups is 1. The fraction of sp³-hybridized carbons (Fsp3) is 0.278. The number of benzene rings is 1. The third-order valence-electron chi connectivity index (χ3n) is 3.99. The van der Waals surface area contributed by atoms with E-state index in [1.54, 1.807) is 24.5 Å². The molecule has 0 aliphatic carbocycles. The number of hydrogen-bond acceptors (Lipinski definition) is 4. The normalized spacial score (nSPS) is 15.1. The van der Waals surface area contributed by atoms with Gasteiger partial charge in [-0.15, -0.1) is 0 Å². The molecule has 0 saturated carbocycles. The first kappa shape index (κ1) is 16.6. The van der Waals surface area contributed by atoms with Crippen LogP contribution in [0.1, 0.15) is 11.1 Å². The highest BCUT2D eigenvalue weighted by atomic mass is 79.9. The quantitative estimate of drug-likeness (QED) is 0.760.